The zero-order valence-corrected chi connectivity index (χ0v) is 18.3. The van der Waals surface area contributed by atoms with E-state index in [1.165, 1.54) is 22.5 Å². The van der Waals surface area contributed by atoms with E-state index in [2.05, 4.69) is 110 Å². The second-order valence-corrected chi connectivity index (χ2v) is 8.65. The molecule has 1 atom stereocenters. The molecule has 1 aliphatic heterocycles. The van der Waals surface area contributed by atoms with Crippen LogP contribution in [0.25, 0.3) is 11.1 Å². The Morgan fingerprint density at radius 3 is 2.23 bits per heavy atom. The van der Waals surface area contributed by atoms with Crippen LogP contribution in [-0.2, 0) is 12.6 Å². The van der Waals surface area contributed by atoms with Gasteiger partial charge in [0.1, 0.15) is 0 Å². The molecule has 4 nitrogen and oxygen atoms in total. The van der Waals surface area contributed by atoms with Crippen molar-refractivity contribution in [2.75, 3.05) is 9.80 Å². The summed E-state index contributed by atoms with van der Waals surface area (Å²) >= 11 is 0. The second-order valence-electron chi connectivity index (χ2n) is 8.65. The standard InChI is InChI=1S/C26H28N3O/c1-18-12-6-7-13-20(18)26(3,4)29-19(2)28(21-14-8-9-15-22(21)29)25-27(5)23-16-10-11-17-24(23)30-25/h6-17,19H,1-5H3/q+1/t19-/m1/s1. The van der Waals surface area contributed by atoms with E-state index in [9.17, 15) is 0 Å². The minimum Gasteiger partial charge on any atom is -0.387 e. The summed E-state index contributed by atoms with van der Waals surface area (Å²) in [5.74, 6) is 0. The van der Waals surface area contributed by atoms with Crippen LogP contribution in [0.2, 0.25) is 0 Å². The summed E-state index contributed by atoms with van der Waals surface area (Å²) in [4.78, 5) is 4.83. The fourth-order valence-electron chi connectivity index (χ4n) is 5.11. The maximum absolute atomic E-state index is 6.36. The molecule has 30 heavy (non-hydrogen) atoms. The maximum atomic E-state index is 6.36. The number of hydrogen-bond donors (Lipinski definition) is 0. The molecule has 152 valence electrons. The fraction of sp³-hybridized carbons (Fsp3) is 0.269. The van der Waals surface area contributed by atoms with Gasteiger partial charge >= 0.3 is 6.01 Å². The Morgan fingerprint density at radius 1 is 0.867 bits per heavy atom. The van der Waals surface area contributed by atoms with Crippen LogP contribution in [0.1, 0.15) is 31.9 Å². The predicted molar refractivity (Wildman–Crippen MR) is 122 cm³/mol. The molecule has 5 rings (SSSR count). The lowest BCUT2D eigenvalue weighted by Crippen LogP contribution is -2.51. The second kappa shape index (κ2) is 6.63. The summed E-state index contributed by atoms with van der Waals surface area (Å²) in [5.41, 5.74) is 6.83. The smallest absolute Gasteiger partial charge is 0.387 e. The minimum absolute atomic E-state index is 0.0868. The number of aryl methyl sites for hydroxylation is 2. The van der Waals surface area contributed by atoms with Crippen LogP contribution in [0, 0.1) is 6.92 Å². The quantitative estimate of drug-likeness (QED) is 0.407. The van der Waals surface area contributed by atoms with E-state index in [0.717, 1.165) is 17.1 Å². The largest absolute Gasteiger partial charge is 0.464 e. The zero-order valence-electron chi connectivity index (χ0n) is 18.3. The van der Waals surface area contributed by atoms with Gasteiger partial charge in [-0.05, 0) is 63.1 Å². The van der Waals surface area contributed by atoms with Crippen LogP contribution in [0.5, 0.6) is 0 Å². The molecular weight excluding hydrogens is 370 g/mol. The Kier molecular flexibility index (Phi) is 4.14. The third kappa shape index (κ3) is 2.56. The molecule has 0 unspecified atom stereocenters. The molecule has 2 heterocycles. The summed E-state index contributed by atoms with van der Waals surface area (Å²) < 4.78 is 8.51. The van der Waals surface area contributed by atoms with Crippen molar-refractivity contribution < 1.29 is 8.98 Å². The molecule has 0 saturated heterocycles. The molecule has 1 aromatic heterocycles. The van der Waals surface area contributed by atoms with Gasteiger partial charge in [-0.25, -0.2) is 0 Å². The van der Waals surface area contributed by atoms with Crippen molar-refractivity contribution in [1.82, 2.24) is 0 Å². The summed E-state index contributed by atoms with van der Waals surface area (Å²) in [5, 5.41) is 0. The van der Waals surface area contributed by atoms with E-state index >= 15 is 0 Å². The average molecular weight is 399 g/mol. The lowest BCUT2D eigenvalue weighted by Gasteiger charge is -2.40. The van der Waals surface area contributed by atoms with Gasteiger partial charge < -0.3 is 9.32 Å². The highest BCUT2D eigenvalue weighted by atomic mass is 16.4. The van der Waals surface area contributed by atoms with Gasteiger partial charge in [0.25, 0.3) is 0 Å². The lowest BCUT2D eigenvalue weighted by atomic mass is 9.88. The van der Waals surface area contributed by atoms with E-state index in [0.29, 0.717) is 0 Å². The molecular formula is C26H28N3O+. The summed E-state index contributed by atoms with van der Waals surface area (Å²) in [6.45, 7) is 9.07. The Labute approximate surface area is 178 Å². The Morgan fingerprint density at radius 2 is 1.50 bits per heavy atom. The highest BCUT2D eigenvalue weighted by Gasteiger charge is 2.49. The molecule has 0 fully saturated rings. The fourth-order valence-corrected chi connectivity index (χ4v) is 5.11. The number of fused-ring (bicyclic) bond motifs is 2. The summed E-state index contributed by atoms with van der Waals surface area (Å²) in [6.07, 6.45) is 0.0868. The number of anilines is 3. The van der Waals surface area contributed by atoms with Crippen LogP contribution < -0.4 is 14.4 Å². The Bertz CT molecular complexity index is 1240. The monoisotopic (exact) mass is 398 g/mol. The van der Waals surface area contributed by atoms with E-state index in [4.69, 9.17) is 4.42 Å². The maximum Gasteiger partial charge on any atom is 0.464 e. The summed E-state index contributed by atoms with van der Waals surface area (Å²) in [6, 6.07) is 26.4. The van der Waals surface area contributed by atoms with Crippen LogP contribution in [0.3, 0.4) is 0 Å². The molecule has 0 aliphatic carbocycles. The van der Waals surface area contributed by atoms with Crippen molar-refractivity contribution in [3.8, 4) is 0 Å². The zero-order chi connectivity index (χ0) is 21.0. The molecule has 0 bridgehead atoms. The van der Waals surface area contributed by atoms with Crippen LogP contribution in [-0.4, -0.2) is 6.17 Å². The first-order chi connectivity index (χ1) is 14.4. The molecule has 3 aromatic carbocycles. The van der Waals surface area contributed by atoms with E-state index in [1.807, 2.05) is 12.1 Å². The molecule has 0 amide bonds. The number of benzene rings is 3. The number of aromatic nitrogens is 1. The van der Waals surface area contributed by atoms with Crippen molar-refractivity contribution in [2.45, 2.75) is 39.4 Å². The number of nitrogens with zero attached hydrogens (tertiary/aromatic N) is 3. The van der Waals surface area contributed by atoms with Gasteiger partial charge in [-0.15, -0.1) is 0 Å². The third-order valence-corrected chi connectivity index (χ3v) is 6.48. The van der Waals surface area contributed by atoms with E-state index < -0.39 is 0 Å². The van der Waals surface area contributed by atoms with Gasteiger partial charge in [0.15, 0.2) is 23.0 Å². The topological polar surface area (TPSA) is 23.5 Å². The van der Waals surface area contributed by atoms with Gasteiger partial charge in [0.05, 0.1) is 18.3 Å². The van der Waals surface area contributed by atoms with Crippen molar-refractivity contribution in [2.24, 2.45) is 7.05 Å². The van der Waals surface area contributed by atoms with E-state index in [1.54, 1.807) is 0 Å². The molecule has 0 spiro atoms. The van der Waals surface area contributed by atoms with Crippen LogP contribution in [0.4, 0.5) is 17.4 Å². The van der Waals surface area contributed by atoms with E-state index in [-0.39, 0.29) is 11.7 Å². The molecule has 0 saturated carbocycles. The van der Waals surface area contributed by atoms with Gasteiger partial charge in [0, 0.05) is 0 Å². The SMILES string of the molecule is Cc1ccccc1C(C)(C)N1c2ccccc2N(c2oc3ccccc3[n+]2C)[C@H]1C. The average Bonchev–Trinajstić information content (AvgIpc) is 3.22. The van der Waals surface area contributed by atoms with Gasteiger partial charge in [-0.3, -0.25) is 0 Å². The lowest BCUT2D eigenvalue weighted by molar-refractivity contribution is -0.635. The summed E-state index contributed by atoms with van der Waals surface area (Å²) in [7, 11) is 2.08. The number of rotatable bonds is 3. The Balaban J connectivity index is 1.69. The molecule has 4 aromatic rings. The predicted octanol–water partition coefficient (Wildman–Crippen LogP) is 5.81. The van der Waals surface area contributed by atoms with Crippen molar-refractivity contribution in [3.05, 3.63) is 83.9 Å². The highest BCUT2D eigenvalue weighted by molar-refractivity contribution is 5.83. The van der Waals surface area contributed by atoms with Crippen LogP contribution in [0.15, 0.2) is 77.2 Å². The molecule has 0 radical (unpaired) electrons. The van der Waals surface area contributed by atoms with Crippen molar-refractivity contribution in [1.29, 1.82) is 0 Å². The normalized spacial score (nSPS) is 16.4. The molecule has 1 aliphatic rings. The van der Waals surface area contributed by atoms with Gasteiger partial charge in [-0.1, -0.05) is 48.5 Å². The van der Waals surface area contributed by atoms with Crippen molar-refractivity contribution >= 4 is 28.5 Å². The first kappa shape index (κ1) is 18.7. The number of hydrogen-bond acceptors (Lipinski definition) is 3. The number of para-hydroxylation sites is 4. The highest BCUT2D eigenvalue weighted by Crippen LogP contribution is 2.49. The van der Waals surface area contributed by atoms with Gasteiger partial charge in [0.2, 0.25) is 0 Å². The minimum atomic E-state index is -0.194. The third-order valence-electron chi connectivity index (χ3n) is 6.48. The van der Waals surface area contributed by atoms with Crippen molar-refractivity contribution in [3.63, 3.8) is 0 Å². The number of oxazole rings is 1. The molecule has 0 N–H and O–H groups in total. The van der Waals surface area contributed by atoms with Crippen LogP contribution >= 0.6 is 0 Å². The first-order valence-corrected chi connectivity index (χ1v) is 10.5. The first-order valence-electron chi connectivity index (χ1n) is 10.5. The Hall–Kier alpha value is -3.27. The van der Waals surface area contributed by atoms with Gasteiger partial charge in [-0.2, -0.15) is 9.47 Å². The molecule has 4 heteroatoms.